The molecule has 0 aliphatic rings. The first kappa shape index (κ1) is 14.9. The number of anilines is 1. The zero-order valence-electron chi connectivity index (χ0n) is 12.9. The standard InChI is InChI=1S/C17H23NOS/c1-12(16-7-6-10-20-16)18-14-11-13(17(2,3)4)8-9-15(14)19-5/h6-12,18H,1-5H3. The van der Waals surface area contributed by atoms with Gasteiger partial charge in [0.1, 0.15) is 5.75 Å². The summed E-state index contributed by atoms with van der Waals surface area (Å²) in [6, 6.07) is 10.9. The maximum atomic E-state index is 5.47. The fourth-order valence-corrected chi connectivity index (χ4v) is 2.86. The molecule has 2 aromatic rings. The molecule has 1 N–H and O–H groups in total. The molecule has 20 heavy (non-hydrogen) atoms. The second kappa shape index (κ2) is 5.88. The van der Waals surface area contributed by atoms with Gasteiger partial charge in [-0.3, -0.25) is 0 Å². The molecule has 0 radical (unpaired) electrons. The summed E-state index contributed by atoms with van der Waals surface area (Å²) in [7, 11) is 1.72. The maximum absolute atomic E-state index is 5.47. The van der Waals surface area contributed by atoms with Crippen molar-refractivity contribution in [3.63, 3.8) is 0 Å². The normalized spacial score (nSPS) is 13.1. The van der Waals surface area contributed by atoms with Gasteiger partial charge in [0.2, 0.25) is 0 Å². The zero-order chi connectivity index (χ0) is 14.8. The predicted molar refractivity (Wildman–Crippen MR) is 88.1 cm³/mol. The summed E-state index contributed by atoms with van der Waals surface area (Å²) < 4.78 is 5.47. The fourth-order valence-electron chi connectivity index (χ4n) is 2.13. The third-order valence-electron chi connectivity index (χ3n) is 3.41. The van der Waals surface area contributed by atoms with E-state index in [1.165, 1.54) is 10.4 Å². The fraction of sp³-hybridized carbons (Fsp3) is 0.412. The molecule has 2 rings (SSSR count). The Kier molecular flexibility index (Phi) is 4.39. The molecule has 1 atom stereocenters. The molecule has 1 heterocycles. The highest BCUT2D eigenvalue weighted by Gasteiger charge is 2.17. The average molecular weight is 289 g/mol. The minimum Gasteiger partial charge on any atom is -0.495 e. The van der Waals surface area contributed by atoms with Gasteiger partial charge < -0.3 is 10.1 Å². The number of thiophene rings is 1. The molecular weight excluding hydrogens is 266 g/mol. The third kappa shape index (κ3) is 3.34. The van der Waals surface area contributed by atoms with Crippen molar-refractivity contribution in [2.24, 2.45) is 0 Å². The molecule has 0 aliphatic carbocycles. The molecule has 1 aromatic carbocycles. The molecule has 0 aliphatic heterocycles. The van der Waals surface area contributed by atoms with Crippen LogP contribution in [0.15, 0.2) is 35.7 Å². The minimum atomic E-state index is 0.134. The van der Waals surface area contributed by atoms with Crippen LogP contribution in [0.5, 0.6) is 5.75 Å². The van der Waals surface area contributed by atoms with E-state index in [-0.39, 0.29) is 11.5 Å². The maximum Gasteiger partial charge on any atom is 0.141 e. The van der Waals surface area contributed by atoms with Crippen molar-refractivity contribution in [3.05, 3.63) is 46.2 Å². The van der Waals surface area contributed by atoms with Gasteiger partial charge in [-0.05, 0) is 41.5 Å². The SMILES string of the molecule is COc1ccc(C(C)(C)C)cc1NC(C)c1cccs1. The summed E-state index contributed by atoms with van der Waals surface area (Å²) in [4.78, 5) is 1.33. The predicted octanol–water partition coefficient (Wildman–Crippen LogP) is 5.23. The lowest BCUT2D eigenvalue weighted by Crippen LogP contribution is -2.13. The molecule has 1 unspecified atom stereocenters. The molecule has 2 nitrogen and oxygen atoms in total. The van der Waals surface area contributed by atoms with Crippen LogP contribution >= 0.6 is 11.3 Å². The zero-order valence-corrected chi connectivity index (χ0v) is 13.7. The van der Waals surface area contributed by atoms with E-state index in [0.29, 0.717) is 0 Å². The monoisotopic (exact) mass is 289 g/mol. The Morgan fingerprint density at radius 1 is 1.20 bits per heavy atom. The highest BCUT2D eigenvalue weighted by atomic mass is 32.1. The Bertz CT molecular complexity index is 555. The van der Waals surface area contributed by atoms with E-state index in [1.54, 1.807) is 18.4 Å². The Hall–Kier alpha value is -1.48. The van der Waals surface area contributed by atoms with Crippen LogP contribution in [-0.2, 0) is 5.41 Å². The molecule has 1 aromatic heterocycles. The van der Waals surface area contributed by atoms with Crippen molar-refractivity contribution in [1.29, 1.82) is 0 Å². The molecule has 0 bridgehead atoms. The van der Waals surface area contributed by atoms with E-state index in [1.807, 2.05) is 6.07 Å². The van der Waals surface area contributed by atoms with Crippen LogP contribution in [-0.4, -0.2) is 7.11 Å². The second-order valence-electron chi connectivity index (χ2n) is 6.05. The van der Waals surface area contributed by atoms with Gasteiger partial charge in [-0.25, -0.2) is 0 Å². The number of rotatable bonds is 4. The summed E-state index contributed by atoms with van der Waals surface area (Å²) in [6.45, 7) is 8.85. The third-order valence-corrected chi connectivity index (χ3v) is 4.46. The van der Waals surface area contributed by atoms with Crippen LogP contribution in [0.4, 0.5) is 5.69 Å². The Balaban J connectivity index is 2.29. The first-order valence-corrected chi connectivity index (χ1v) is 7.78. The van der Waals surface area contributed by atoms with Gasteiger partial charge in [0, 0.05) is 4.88 Å². The molecule has 3 heteroatoms. The Morgan fingerprint density at radius 2 is 1.95 bits per heavy atom. The molecule has 0 saturated heterocycles. The molecule has 108 valence electrons. The summed E-state index contributed by atoms with van der Waals surface area (Å²) >= 11 is 1.77. The lowest BCUT2D eigenvalue weighted by molar-refractivity contribution is 0.415. The highest BCUT2D eigenvalue weighted by Crippen LogP contribution is 2.34. The number of hydrogen-bond acceptors (Lipinski definition) is 3. The quantitative estimate of drug-likeness (QED) is 0.832. The van der Waals surface area contributed by atoms with Crippen LogP contribution in [0.3, 0.4) is 0 Å². The van der Waals surface area contributed by atoms with E-state index >= 15 is 0 Å². The van der Waals surface area contributed by atoms with Crippen molar-refractivity contribution in [1.82, 2.24) is 0 Å². The lowest BCUT2D eigenvalue weighted by atomic mass is 9.86. The Morgan fingerprint density at radius 3 is 2.50 bits per heavy atom. The van der Waals surface area contributed by atoms with Gasteiger partial charge in [-0.1, -0.05) is 32.9 Å². The van der Waals surface area contributed by atoms with Crippen molar-refractivity contribution < 1.29 is 4.74 Å². The second-order valence-corrected chi connectivity index (χ2v) is 7.03. The molecular formula is C17H23NOS. The summed E-state index contributed by atoms with van der Waals surface area (Å²) in [5.41, 5.74) is 2.49. The first-order valence-electron chi connectivity index (χ1n) is 6.90. The van der Waals surface area contributed by atoms with Gasteiger partial charge in [-0.2, -0.15) is 0 Å². The van der Waals surface area contributed by atoms with Crippen LogP contribution in [0, 0.1) is 0 Å². The van der Waals surface area contributed by atoms with E-state index in [4.69, 9.17) is 4.74 Å². The highest BCUT2D eigenvalue weighted by molar-refractivity contribution is 7.10. The van der Waals surface area contributed by atoms with Crippen molar-refractivity contribution in [3.8, 4) is 5.75 Å². The molecule has 0 spiro atoms. The van der Waals surface area contributed by atoms with Gasteiger partial charge in [0.05, 0.1) is 18.8 Å². The number of nitrogens with one attached hydrogen (secondary N) is 1. The van der Waals surface area contributed by atoms with Crippen molar-refractivity contribution in [2.45, 2.75) is 39.2 Å². The molecule has 0 fully saturated rings. The van der Waals surface area contributed by atoms with Crippen LogP contribution < -0.4 is 10.1 Å². The smallest absolute Gasteiger partial charge is 0.141 e. The summed E-state index contributed by atoms with van der Waals surface area (Å²) in [6.07, 6.45) is 0. The average Bonchev–Trinajstić information content (AvgIpc) is 2.91. The van der Waals surface area contributed by atoms with Crippen LogP contribution in [0.1, 0.15) is 44.2 Å². The van der Waals surface area contributed by atoms with Crippen molar-refractivity contribution >= 4 is 17.0 Å². The largest absolute Gasteiger partial charge is 0.495 e. The first-order chi connectivity index (χ1) is 9.41. The number of methoxy groups -OCH3 is 1. The van der Waals surface area contributed by atoms with E-state index in [0.717, 1.165) is 11.4 Å². The lowest BCUT2D eigenvalue weighted by Gasteiger charge is -2.23. The molecule has 0 saturated carbocycles. The summed E-state index contributed by atoms with van der Waals surface area (Å²) in [5.74, 6) is 0.890. The number of benzene rings is 1. The number of hydrogen-bond donors (Lipinski definition) is 1. The summed E-state index contributed by atoms with van der Waals surface area (Å²) in [5, 5.41) is 5.67. The van der Waals surface area contributed by atoms with Crippen molar-refractivity contribution in [2.75, 3.05) is 12.4 Å². The van der Waals surface area contributed by atoms with E-state index in [9.17, 15) is 0 Å². The number of ether oxygens (including phenoxy) is 1. The van der Waals surface area contributed by atoms with Gasteiger partial charge in [-0.15, -0.1) is 11.3 Å². The Labute approximate surface area is 125 Å². The molecule has 0 amide bonds. The van der Waals surface area contributed by atoms with Crippen LogP contribution in [0.25, 0.3) is 0 Å². The van der Waals surface area contributed by atoms with Gasteiger partial charge >= 0.3 is 0 Å². The van der Waals surface area contributed by atoms with Gasteiger partial charge in [0.25, 0.3) is 0 Å². The van der Waals surface area contributed by atoms with Gasteiger partial charge in [0.15, 0.2) is 0 Å². The minimum absolute atomic E-state index is 0.134. The van der Waals surface area contributed by atoms with E-state index in [2.05, 4.69) is 62.7 Å². The topological polar surface area (TPSA) is 21.3 Å². The van der Waals surface area contributed by atoms with E-state index < -0.39 is 0 Å². The van der Waals surface area contributed by atoms with Crippen LogP contribution in [0.2, 0.25) is 0 Å².